The summed E-state index contributed by atoms with van der Waals surface area (Å²) in [6.45, 7) is 0. The second-order valence-electron chi connectivity index (χ2n) is 9.23. The third-order valence-corrected chi connectivity index (χ3v) is 7.01. The molecule has 0 spiro atoms. The molecule has 2 aliphatic rings. The van der Waals surface area contributed by atoms with Crippen LogP contribution in [0.25, 0.3) is 10.9 Å². The van der Waals surface area contributed by atoms with Gasteiger partial charge in [-0.15, -0.1) is 0 Å². The molecule has 6 nitrogen and oxygen atoms in total. The lowest BCUT2D eigenvalue weighted by Gasteiger charge is -2.24. The molecule has 0 radical (unpaired) electrons. The van der Waals surface area contributed by atoms with Crippen LogP contribution in [0.4, 0.5) is 0 Å². The summed E-state index contributed by atoms with van der Waals surface area (Å²) in [5, 5.41) is 13.8. The molecule has 2 aromatic rings. The van der Waals surface area contributed by atoms with Crippen molar-refractivity contribution in [1.29, 1.82) is 5.26 Å². The van der Waals surface area contributed by atoms with Gasteiger partial charge in [0.05, 0.1) is 22.3 Å². The first-order chi connectivity index (χ1) is 15.4. The van der Waals surface area contributed by atoms with Crippen LogP contribution >= 0.6 is 11.6 Å². The fourth-order valence-corrected chi connectivity index (χ4v) is 4.89. The molecule has 2 aliphatic carbocycles. The number of carbonyl (C=O) groups is 3. The molecule has 7 heteroatoms. The van der Waals surface area contributed by atoms with Crippen molar-refractivity contribution in [3.8, 4) is 6.07 Å². The molecule has 0 bridgehead atoms. The number of para-hydroxylation sites is 1. The number of Topliss-reactive ketones (excluding diaryl/α,β-unsaturated/α-hetero) is 2. The number of carbonyl (C=O) groups excluding carboxylic acids is 3. The van der Waals surface area contributed by atoms with E-state index in [9.17, 15) is 19.6 Å². The number of H-pyrrole nitrogens is 1. The van der Waals surface area contributed by atoms with Crippen molar-refractivity contribution in [1.82, 2.24) is 10.3 Å². The second-order valence-corrected chi connectivity index (χ2v) is 9.63. The van der Waals surface area contributed by atoms with Gasteiger partial charge < -0.3 is 10.3 Å². The fourth-order valence-electron chi connectivity index (χ4n) is 4.66. The Labute approximate surface area is 192 Å². The molecule has 4 rings (SSSR count). The van der Waals surface area contributed by atoms with E-state index in [0.717, 1.165) is 37.5 Å². The van der Waals surface area contributed by atoms with E-state index in [0.29, 0.717) is 41.4 Å². The van der Waals surface area contributed by atoms with Gasteiger partial charge in [0.25, 0.3) is 0 Å². The first-order valence-electron chi connectivity index (χ1n) is 11.5. The SMILES string of the molecule is N#CC(CC1CCCCC1=O)NC(=O)C(CC(=O)c1cc2cccc(Cl)c2[nH]1)CC1CC1. The number of hydrogen-bond acceptors (Lipinski definition) is 4. The third kappa shape index (κ3) is 5.39. The van der Waals surface area contributed by atoms with Crippen LogP contribution in [0.1, 0.15) is 68.3 Å². The Morgan fingerprint density at radius 2 is 2.03 bits per heavy atom. The molecular weight excluding hydrogens is 426 g/mol. The molecule has 0 aliphatic heterocycles. The van der Waals surface area contributed by atoms with Gasteiger partial charge in [0, 0.05) is 30.1 Å². The molecule has 1 aromatic carbocycles. The molecule has 1 heterocycles. The highest BCUT2D eigenvalue weighted by molar-refractivity contribution is 6.35. The van der Waals surface area contributed by atoms with Gasteiger partial charge in [-0.05, 0) is 43.7 Å². The standard InChI is InChI=1S/C25H28ClN3O3/c26-20-6-3-5-17-12-21(29-24(17)20)23(31)13-18(10-15-8-9-15)25(32)28-19(14-27)11-16-4-1-2-7-22(16)30/h3,5-6,12,15-16,18-19,29H,1-2,4,7-11,13H2,(H,28,32). The molecule has 1 aromatic heterocycles. The van der Waals surface area contributed by atoms with Crippen LogP contribution in [0.3, 0.4) is 0 Å². The van der Waals surface area contributed by atoms with Gasteiger partial charge in [-0.25, -0.2) is 0 Å². The second kappa shape index (κ2) is 9.87. The van der Waals surface area contributed by atoms with E-state index >= 15 is 0 Å². The monoisotopic (exact) mass is 453 g/mol. The van der Waals surface area contributed by atoms with Gasteiger partial charge in [0.2, 0.25) is 5.91 Å². The van der Waals surface area contributed by atoms with E-state index in [4.69, 9.17) is 11.6 Å². The minimum Gasteiger partial charge on any atom is -0.351 e. The number of amides is 1. The summed E-state index contributed by atoms with van der Waals surface area (Å²) < 4.78 is 0. The summed E-state index contributed by atoms with van der Waals surface area (Å²) in [7, 11) is 0. The lowest BCUT2D eigenvalue weighted by Crippen LogP contribution is -2.41. The number of hydrogen-bond donors (Lipinski definition) is 2. The Balaban J connectivity index is 1.42. The van der Waals surface area contributed by atoms with Crippen molar-refractivity contribution < 1.29 is 14.4 Å². The summed E-state index contributed by atoms with van der Waals surface area (Å²) in [5.74, 6) is -0.421. The van der Waals surface area contributed by atoms with Crippen LogP contribution in [-0.4, -0.2) is 28.5 Å². The molecule has 32 heavy (non-hydrogen) atoms. The van der Waals surface area contributed by atoms with Crippen LogP contribution in [0.2, 0.25) is 5.02 Å². The zero-order valence-electron chi connectivity index (χ0n) is 18.0. The van der Waals surface area contributed by atoms with Gasteiger partial charge in [0.15, 0.2) is 5.78 Å². The summed E-state index contributed by atoms with van der Waals surface area (Å²) >= 11 is 6.21. The number of aromatic amines is 1. The Hall–Kier alpha value is -2.65. The van der Waals surface area contributed by atoms with Crippen molar-refractivity contribution in [3.63, 3.8) is 0 Å². The van der Waals surface area contributed by atoms with E-state index in [-0.39, 0.29) is 29.8 Å². The van der Waals surface area contributed by atoms with E-state index in [2.05, 4.69) is 16.4 Å². The first kappa shape index (κ1) is 22.5. The summed E-state index contributed by atoms with van der Waals surface area (Å²) in [4.78, 5) is 41.3. The van der Waals surface area contributed by atoms with Crippen molar-refractivity contribution >= 4 is 40.0 Å². The lowest BCUT2D eigenvalue weighted by atomic mass is 9.83. The number of nitrogens with zero attached hydrogens (tertiary/aromatic N) is 1. The highest BCUT2D eigenvalue weighted by atomic mass is 35.5. The molecule has 2 fully saturated rings. The maximum atomic E-state index is 13.1. The molecule has 168 valence electrons. The average molecular weight is 454 g/mol. The molecule has 0 saturated heterocycles. The van der Waals surface area contributed by atoms with Gasteiger partial charge in [-0.3, -0.25) is 14.4 Å². The lowest BCUT2D eigenvalue weighted by molar-refractivity contribution is -0.127. The van der Waals surface area contributed by atoms with Crippen molar-refractivity contribution in [2.24, 2.45) is 17.8 Å². The molecule has 2 N–H and O–H groups in total. The number of benzene rings is 1. The minimum atomic E-state index is -0.710. The summed E-state index contributed by atoms with van der Waals surface area (Å²) in [6.07, 6.45) is 6.43. The first-order valence-corrected chi connectivity index (χ1v) is 11.9. The molecule has 1 amide bonds. The number of ketones is 2. The van der Waals surface area contributed by atoms with Crippen molar-refractivity contribution in [3.05, 3.63) is 35.0 Å². The smallest absolute Gasteiger partial charge is 0.224 e. The zero-order valence-corrected chi connectivity index (χ0v) is 18.8. The predicted octanol–water partition coefficient (Wildman–Crippen LogP) is 4.97. The Bertz CT molecular complexity index is 1070. The number of rotatable bonds is 9. The van der Waals surface area contributed by atoms with Crippen molar-refractivity contribution in [2.75, 3.05) is 0 Å². The van der Waals surface area contributed by atoms with Crippen LogP contribution in [-0.2, 0) is 9.59 Å². The Kier molecular flexibility index (Phi) is 6.95. The average Bonchev–Trinajstić information content (AvgIpc) is 3.48. The van der Waals surface area contributed by atoms with E-state index in [1.165, 1.54) is 0 Å². The topological polar surface area (TPSA) is 103 Å². The van der Waals surface area contributed by atoms with E-state index in [1.807, 2.05) is 12.1 Å². The Morgan fingerprint density at radius 1 is 1.22 bits per heavy atom. The zero-order chi connectivity index (χ0) is 22.7. The Morgan fingerprint density at radius 3 is 2.72 bits per heavy atom. The molecule has 3 atom stereocenters. The van der Waals surface area contributed by atoms with Gasteiger partial charge in [-0.1, -0.05) is 43.0 Å². The number of fused-ring (bicyclic) bond motifs is 1. The van der Waals surface area contributed by atoms with Crippen molar-refractivity contribution in [2.45, 2.75) is 63.8 Å². The number of halogens is 1. The van der Waals surface area contributed by atoms with Crippen LogP contribution in [0.5, 0.6) is 0 Å². The van der Waals surface area contributed by atoms with E-state index in [1.54, 1.807) is 12.1 Å². The largest absolute Gasteiger partial charge is 0.351 e. The third-order valence-electron chi connectivity index (χ3n) is 6.70. The van der Waals surface area contributed by atoms with Crippen LogP contribution in [0.15, 0.2) is 24.3 Å². The maximum absolute atomic E-state index is 13.1. The normalized spacial score (nSPS) is 20.5. The maximum Gasteiger partial charge on any atom is 0.224 e. The predicted molar refractivity (Wildman–Crippen MR) is 122 cm³/mol. The molecule has 3 unspecified atom stereocenters. The van der Waals surface area contributed by atoms with Gasteiger partial charge in [-0.2, -0.15) is 5.26 Å². The molecule has 2 saturated carbocycles. The summed E-state index contributed by atoms with van der Waals surface area (Å²) in [5.41, 5.74) is 1.15. The van der Waals surface area contributed by atoms with Gasteiger partial charge in [0.1, 0.15) is 11.8 Å². The quantitative estimate of drug-likeness (QED) is 0.523. The number of nitriles is 1. The highest BCUT2D eigenvalue weighted by Gasteiger charge is 2.33. The van der Waals surface area contributed by atoms with Crippen LogP contribution < -0.4 is 5.32 Å². The molecular formula is C25H28ClN3O3. The fraction of sp³-hybridized carbons (Fsp3) is 0.520. The van der Waals surface area contributed by atoms with E-state index < -0.39 is 12.0 Å². The highest BCUT2D eigenvalue weighted by Crippen LogP contribution is 2.37. The van der Waals surface area contributed by atoms with Crippen LogP contribution in [0, 0.1) is 29.1 Å². The minimum absolute atomic E-state index is 0.0767. The number of nitrogens with one attached hydrogen (secondary N) is 2. The summed E-state index contributed by atoms with van der Waals surface area (Å²) in [6, 6.07) is 8.67. The van der Waals surface area contributed by atoms with Gasteiger partial charge >= 0.3 is 0 Å². The number of aromatic nitrogens is 1.